The highest BCUT2D eigenvalue weighted by atomic mass is 19.1. The van der Waals surface area contributed by atoms with E-state index in [-0.39, 0.29) is 5.75 Å². The quantitative estimate of drug-likeness (QED) is 0.447. The van der Waals surface area contributed by atoms with Gasteiger partial charge in [0, 0.05) is 43.3 Å². The van der Waals surface area contributed by atoms with Crippen LogP contribution in [0.3, 0.4) is 0 Å². The molecule has 0 aliphatic carbocycles. The predicted molar refractivity (Wildman–Crippen MR) is 119 cm³/mol. The maximum atomic E-state index is 14.4. The van der Waals surface area contributed by atoms with Crippen molar-refractivity contribution in [2.24, 2.45) is 7.05 Å². The normalized spacial score (nSPS) is 11.3. The Kier molecular flexibility index (Phi) is 5.86. The minimum atomic E-state index is -0.405. The van der Waals surface area contributed by atoms with E-state index in [9.17, 15) is 4.39 Å². The zero-order valence-electron chi connectivity index (χ0n) is 18.2. The molecule has 0 aliphatic heterocycles. The van der Waals surface area contributed by atoms with E-state index >= 15 is 0 Å². The first kappa shape index (κ1) is 20.8. The maximum Gasteiger partial charge on any atom is 0.165 e. The Balaban J connectivity index is 1.72. The summed E-state index contributed by atoms with van der Waals surface area (Å²) in [5.74, 6) is 0.791. The van der Waals surface area contributed by atoms with Gasteiger partial charge in [-0.15, -0.1) is 0 Å². The molecule has 0 fully saturated rings. The monoisotopic (exact) mass is 419 g/mol. The third-order valence-corrected chi connectivity index (χ3v) is 5.35. The van der Waals surface area contributed by atoms with Crippen molar-refractivity contribution in [2.75, 3.05) is 14.2 Å². The predicted octanol–water partition coefficient (Wildman–Crippen LogP) is 4.36. The number of halogens is 1. The number of nitrogens with zero attached hydrogens (tertiary/aromatic N) is 5. The summed E-state index contributed by atoms with van der Waals surface area (Å²) >= 11 is 0. The number of aromatic nitrogens is 4. The molecule has 4 aromatic rings. The number of hydrogen-bond acceptors (Lipinski definition) is 4. The van der Waals surface area contributed by atoms with Crippen LogP contribution in [0.4, 0.5) is 4.39 Å². The van der Waals surface area contributed by atoms with Crippen LogP contribution < -0.4 is 4.74 Å². The lowest BCUT2D eigenvalue weighted by Crippen LogP contribution is -2.19. The lowest BCUT2D eigenvalue weighted by Gasteiger charge is -2.16. The molecule has 0 unspecified atom stereocenters. The van der Waals surface area contributed by atoms with Gasteiger partial charge in [0.1, 0.15) is 5.82 Å². The Morgan fingerprint density at radius 2 is 1.94 bits per heavy atom. The summed E-state index contributed by atoms with van der Waals surface area (Å²) in [4.78, 5) is 6.58. The largest absolute Gasteiger partial charge is 0.494 e. The van der Waals surface area contributed by atoms with Gasteiger partial charge in [-0.3, -0.25) is 4.90 Å². The average Bonchev–Trinajstić information content (AvgIpc) is 3.34. The number of ether oxygens (including phenoxy) is 1. The van der Waals surface area contributed by atoms with E-state index in [1.165, 1.54) is 13.2 Å². The topological polar surface area (TPSA) is 48.1 Å². The Bertz CT molecular complexity index is 1200. The van der Waals surface area contributed by atoms with E-state index in [1.807, 2.05) is 60.0 Å². The van der Waals surface area contributed by atoms with E-state index < -0.39 is 5.82 Å². The minimum absolute atomic E-state index is 0.218. The lowest BCUT2D eigenvalue weighted by atomic mass is 10.1. The van der Waals surface area contributed by atoms with Crippen LogP contribution in [0, 0.1) is 12.7 Å². The molecule has 0 spiro atoms. The molecule has 0 N–H and O–H groups in total. The third-order valence-electron chi connectivity index (χ3n) is 5.35. The van der Waals surface area contributed by atoms with Crippen LogP contribution in [-0.2, 0) is 20.1 Å². The number of aryl methyl sites for hydroxylation is 2. The number of methoxy groups -OCH3 is 1. The fourth-order valence-electron chi connectivity index (χ4n) is 3.66. The molecule has 2 heterocycles. The van der Waals surface area contributed by atoms with Crippen molar-refractivity contribution in [3.63, 3.8) is 0 Å². The summed E-state index contributed by atoms with van der Waals surface area (Å²) in [5, 5.41) is 4.84. The lowest BCUT2D eigenvalue weighted by molar-refractivity contribution is 0.307. The van der Waals surface area contributed by atoms with E-state index in [2.05, 4.69) is 22.9 Å². The number of benzene rings is 2. The van der Waals surface area contributed by atoms with Gasteiger partial charge in [-0.25, -0.2) is 14.1 Å². The molecule has 0 bridgehead atoms. The molecule has 31 heavy (non-hydrogen) atoms. The molecule has 0 radical (unpaired) electrons. The SMILES string of the molecule is COc1ccc(-c2nn(-c3ccccc3C)cc2CN(C)Cc2nccn2C)cc1F. The molecule has 0 saturated carbocycles. The zero-order valence-corrected chi connectivity index (χ0v) is 18.2. The van der Waals surface area contributed by atoms with Gasteiger partial charge in [-0.1, -0.05) is 18.2 Å². The van der Waals surface area contributed by atoms with Crippen molar-refractivity contribution < 1.29 is 9.13 Å². The van der Waals surface area contributed by atoms with Gasteiger partial charge in [0.15, 0.2) is 11.6 Å². The Morgan fingerprint density at radius 1 is 1.13 bits per heavy atom. The first-order valence-electron chi connectivity index (χ1n) is 10.1. The van der Waals surface area contributed by atoms with Crippen molar-refractivity contribution in [2.45, 2.75) is 20.0 Å². The van der Waals surface area contributed by atoms with Crippen LogP contribution in [0.25, 0.3) is 16.9 Å². The van der Waals surface area contributed by atoms with Gasteiger partial charge in [-0.05, 0) is 43.8 Å². The Morgan fingerprint density at radius 3 is 2.61 bits per heavy atom. The summed E-state index contributed by atoms with van der Waals surface area (Å²) < 4.78 is 23.4. The number of imidazole rings is 1. The molecule has 6 nitrogen and oxygen atoms in total. The summed E-state index contributed by atoms with van der Waals surface area (Å²) in [6.45, 7) is 3.38. The molecule has 0 atom stereocenters. The molecule has 0 saturated heterocycles. The van der Waals surface area contributed by atoms with Crippen molar-refractivity contribution in [1.29, 1.82) is 0 Å². The fourth-order valence-corrected chi connectivity index (χ4v) is 3.66. The maximum absolute atomic E-state index is 14.4. The highest BCUT2D eigenvalue weighted by molar-refractivity contribution is 5.64. The molecule has 2 aromatic heterocycles. The highest BCUT2D eigenvalue weighted by Gasteiger charge is 2.17. The zero-order chi connectivity index (χ0) is 22.0. The van der Waals surface area contributed by atoms with Crippen LogP contribution in [0.2, 0.25) is 0 Å². The van der Waals surface area contributed by atoms with Crippen molar-refractivity contribution >= 4 is 0 Å². The average molecular weight is 420 g/mol. The van der Waals surface area contributed by atoms with Gasteiger partial charge in [0.2, 0.25) is 0 Å². The second kappa shape index (κ2) is 8.73. The molecule has 160 valence electrons. The highest BCUT2D eigenvalue weighted by Crippen LogP contribution is 2.29. The van der Waals surface area contributed by atoms with E-state index in [0.717, 1.165) is 28.3 Å². The summed E-state index contributed by atoms with van der Waals surface area (Å²) in [7, 11) is 5.49. The van der Waals surface area contributed by atoms with E-state index in [1.54, 1.807) is 12.3 Å². The minimum Gasteiger partial charge on any atom is -0.494 e. The smallest absolute Gasteiger partial charge is 0.165 e. The van der Waals surface area contributed by atoms with Gasteiger partial charge in [-0.2, -0.15) is 5.10 Å². The summed E-state index contributed by atoms with van der Waals surface area (Å²) in [6, 6.07) is 13.0. The van der Waals surface area contributed by atoms with Crippen LogP contribution in [0.1, 0.15) is 17.0 Å². The standard InChI is InChI=1S/C24H26FN5O/c1-17-7-5-6-8-21(17)30-15-19(14-28(2)16-23-26-11-12-29(23)3)24(27-30)18-9-10-22(31-4)20(25)13-18/h5-13,15H,14,16H2,1-4H3. The van der Waals surface area contributed by atoms with Crippen LogP contribution >= 0.6 is 0 Å². The summed E-state index contributed by atoms with van der Waals surface area (Å²) in [6.07, 6.45) is 5.75. The van der Waals surface area contributed by atoms with Crippen LogP contribution in [0.5, 0.6) is 5.75 Å². The first-order valence-corrected chi connectivity index (χ1v) is 10.1. The Hall–Kier alpha value is -3.45. The van der Waals surface area contributed by atoms with Crippen molar-refractivity contribution in [3.8, 4) is 22.7 Å². The Labute approximate surface area is 181 Å². The molecule has 4 rings (SSSR count). The molecular weight excluding hydrogens is 393 g/mol. The molecule has 0 amide bonds. The molecular formula is C24H26FN5O. The van der Waals surface area contributed by atoms with Crippen LogP contribution in [0.15, 0.2) is 61.1 Å². The van der Waals surface area contributed by atoms with Gasteiger partial charge < -0.3 is 9.30 Å². The van der Waals surface area contributed by atoms with Crippen LogP contribution in [-0.4, -0.2) is 38.4 Å². The van der Waals surface area contributed by atoms with Gasteiger partial charge >= 0.3 is 0 Å². The molecule has 2 aromatic carbocycles. The van der Waals surface area contributed by atoms with Crippen molar-refractivity contribution in [1.82, 2.24) is 24.2 Å². The second-order valence-electron chi connectivity index (χ2n) is 7.71. The number of para-hydroxylation sites is 1. The van der Waals surface area contributed by atoms with Gasteiger partial charge in [0.05, 0.1) is 25.0 Å². The second-order valence-corrected chi connectivity index (χ2v) is 7.71. The van der Waals surface area contributed by atoms with E-state index in [0.29, 0.717) is 18.7 Å². The summed E-state index contributed by atoms with van der Waals surface area (Å²) in [5.41, 5.74) is 4.58. The third kappa shape index (κ3) is 4.36. The number of hydrogen-bond donors (Lipinski definition) is 0. The van der Waals surface area contributed by atoms with Gasteiger partial charge in [0.25, 0.3) is 0 Å². The van der Waals surface area contributed by atoms with E-state index in [4.69, 9.17) is 9.84 Å². The number of rotatable bonds is 7. The molecule has 0 aliphatic rings. The molecule has 7 heteroatoms. The fraction of sp³-hybridized carbons (Fsp3) is 0.250. The van der Waals surface area contributed by atoms with Crippen molar-refractivity contribution in [3.05, 3.63) is 83.8 Å². The first-order chi connectivity index (χ1) is 15.0.